The molecule has 2 aromatic heterocycles. The fraction of sp³-hybridized carbons (Fsp3) is 0. The second-order valence-electron chi connectivity index (χ2n) is 13.6. The first kappa shape index (κ1) is 28.4. The van der Waals surface area contributed by atoms with Crippen LogP contribution in [0.25, 0.3) is 77.3 Å². The molecule has 3 heteroatoms. The summed E-state index contributed by atoms with van der Waals surface area (Å²) in [6, 6.07) is 66.6. The van der Waals surface area contributed by atoms with Gasteiger partial charge in [-0.05, 0) is 103 Å². The Kier molecular flexibility index (Phi) is 6.01. The number of hydrogen-bond acceptors (Lipinski definition) is 2. The van der Waals surface area contributed by atoms with Crippen LogP contribution in [0.2, 0.25) is 0 Å². The van der Waals surface area contributed by atoms with Crippen molar-refractivity contribution in [3.05, 3.63) is 182 Å². The van der Waals surface area contributed by atoms with E-state index >= 15 is 0 Å². The lowest BCUT2D eigenvalue weighted by Crippen LogP contribution is -2.72. The van der Waals surface area contributed by atoms with Gasteiger partial charge in [-0.15, -0.1) is 0 Å². The molecule has 0 saturated carbocycles. The van der Waals surface area contributed by atoms with Crippen LogP contribution in [0.15, 0.2) is 191 Å². The molecule has 0 N–H and O–H groups in total. The van der Waals surface area contributed by atoms with E-state index in [4.69, 9.17) is 8.83 Å². The molecule has 1 aliphatic heterocycles. The van der Waals surface area contributed by atoms with Crippen LogP contribution >= 0.6 is 0 Å². The van der Waals surface area contributed by atoms with Crippen LogP contribution in [-0.4, -0.2) is 8.07 Å². The van der Waals surface area contributed by atoms with Crippen molar-refractivity contribution in [1.82, 2.24) is 0 Å². The topological polar surface area (TPSA) is 26.3 Å². The van der Waals surface area contributed by atoms with Gasteiger partial charge >= 0.3 is 0 Å². The zero-order chi connectivity index (χ0) is 33.5. The molecule has 0 saturated heterocycles. The predicted octanol–water partition coefficient (Wildman–Crippen LogP) is 10.2. The molecule has 0 spiro atoms. The van der Waals surface area contributed by atoms with E-state index in [-0.39, 0.29) is 0 Å². The van der Waals surface area contributed by atoms with E-state index in [1.54, 1.807) is 0 Å². The van der Waals surface area contributed by atoms with Gasteiger partial charge in [-0.1, -0.05) is 133 Å². The highest BCUT2D eigenvalue weighted by Gasteiger charge is 2.48. The fourth-order valence-corrected chi connectivity index (χ4v) is 13.8. The van der Waals surface area contributed by atoms with Crippen LogP contribution in [0.5, 0.6) is 0 Å². The summed E-state index contributed by atoms with van der Waals surface area (Å²) in [4.78, 5) is 0. The molecule has 238 valence electrons. The summed E-state index contributed by atoms with van der Waals surface area (Å²) in [6.45, 7) is 0. The van der Waals surface area contributed by atoms with Gasteiger partial charge in [0.25, 0.3) is 0 Å². The van der Waals surface area contributed by atoms with E-state index in [1.807, 2.05) is 24.3 Å². The number of furan rings is 2. The second-order valence-corrected chi connectivity index (χ2v) is 17.4. The van der Waals surface area contributed by atoms with Gasteiger partial charge in [0.05, 0.1) is 0 Å². The Bertz CT molecular complexity index is 2770. The van der Waals surface area contributed by atoms with Crippen LogP contribution in [0.1, 0.15) is 0 Å². The lowest BCUT2D eigenvalue weighted by atomic mass is 9.95. The van der Waals surface area contributed by atoms with Gasteiger partial charge in [0, 0.05) is 21.5 Å². The van der Waals surface area contributed by atoms with Crippen molar-refractivity contribution in [2.24, 2.45) is 0 Å². The Morgan fingerprint density at radius 3 is 1.14 bits per heavy atom. The van der Waals surface area contributed by atoms with Crippen molar-refractivity contribution in [3.63, 3.8) is 0 Å². The highest BCUT2D eigenvalue weighted by atomic mass is 28.3. The molecule has 0 fully saturated rings. The molecule has 11 rings (SSSR count). The normalized spacial score (nSPS) is 13.3. The third-order valence-electron chi connectivity index (χ3n) is 11.0. The summed E-state index contributed by atoms with van der Waals surface area (Å²) in [6.07, 6.45) is 0. The summed E-state index contributed by atoms with van der Waals surface area (Å²) in [5.74, 6) is 0. The van der Waals surface area contributed by atoms with E-state index in [2.05, 4.69) is 158 Å². The Labute approximate surface area is 295 Å². The second kappa shape index (κ2) is 10.8. The molecule has 2 nitrogen and oxygen atoms in total. The van der Waals surface area contributed by atoms with E-state index in [0.29, 0.717) is 0 Å². The minimum absolute atomic E-state index is 0.915. The van der Waals surface area contributed by atoms with Crippen LogP contribution in [0.4, 0.5) is 0 Å². The molecule has 0 atom stereocenters. The highest BCUT2D eigenvalue weighted by Crippen LogP contribution is 2.38. The molecule has 1 aliphatic rings. The molecule has 0 radical (unpaired) electrons. The SMILES string of the molecule is c1ccc([Si]2(c3ccccc3)c3ccc(-c4ccc5oc6ccccc6c5c4)cc3-c3cc(-c4ccc5oc6ccccc6c5c4)ccc32)cc1. The lowest BCUT2D eigenvalue weighted by molar-refractivity contribution is 0.668. The van der Waals surface area contributed by atoms with Crippen LogP contribution < -0.4 is 20.7 Å². The average molecular weight is 667 g/mol. The van der Waals surface area contributed by atoms with E-state index in [1.165, 1.54) is 54.1 Å². The maximum atomic E-state index is 6.19. The first-order chi connectivity index (χ1) is 25.3. The summed E-state index contributed by atoms with van der Waals surface area (Å²) in [5.41, 5.74) is 11.1. The highest BCUT2D eigenvalue weighted by molar-refractivity contribution is 7.22. The molecular formula is C48H30O2Si. The maximum Gasteiger partial charge on any atom is 0.180 e. The van der Waals surface area contributed by atoms with Crippen molar-refractivity contribution in [1.29, 1.82) is 0 Å². The number of rotatable bonds is 4. The number of hydrogen-bond donors (Lipinski definition) is 0. The van der Waals surface area contributed by atoms with Crippen LogP contribution in [0, 0.1) is 0 Å². The molecule has 0 aliphatic carbocycles. The molecule has 10 aromatic rings. The minimum atomic E-state index is -2.64. The minimum Gasteiger partial charge on any atom is -0.456 e. The molecule has 0 unspecified atom stereocenters. The summed E-state index contributed by atoms with van der Waals surface area (Å²) in [5, 5.41) is 10.2. The monoisotopic (exact) mass is 666 g/mol. The van der Waals surface area contributed by atoms with Gasteiger partial charge in [0.1, 0.15) is 22.3 Å². The van der Waals surface area contributed by atoms with Gasteiger partial charge in [-0.3, -0.25) is 0 Å². The van der Waals surface area contributed by atoms with Crippen LogP contribution in [0.3, 0.4) is 0 Å². The maximum absolute atomic E-state index is 6.19. The van der Waals surface area contributed by atoms with E-state index in [0.717, 1.165) is 43.9 Å². The van der Waals surface area contributed by atoms with Gasteiger partial charge < -0.3 is 8.83 Å². The third kappa shape index (κ3) is 4.10. The Balaban J connectivity index is 1.17. The number of benzene rings is 8. The van der Waals surface area contributed by atoms with Crippen molar-refractivity contribution in [2.45, 2.75) is 0 Å². The Morgan fingerprint density at radius 2 is 0.667 bits per heavy atom. The lowest BCUT2D eigenvalue weighted by Gasteiger charge is -2.31. The summed E-state index contributed by atoms with van der Waals surface area (Å²) in [7, 11) is -2.64. The largest absolute Gasteiger partial charge is 0.456 e. The molecule has 8 aromatic carbocycles. The molecule has 3 heterocycles. The van der Waals surface area contributed by atoms with E-state index < -0.39 is 8.07 Å². The van der Waals surface area contributed by atoms with Crippen molar-refractivity contribution in [3.8, 4) is 33.4 Å². The zero-order valence-electron chi connectivity index (χ0n) is 27.6. The van der Waals surface area contributed by atoms with Gasteiger partial charge in [0.15, 0.2) is 8.07 Å². The van der Waals surface area contributed by atoms with Crippen molar-refractivity contribution < 1.29 is 8.83 Å². The smallest absolute Gasteiger partial charge is 0.180 e. The Hall–Kier alpha value is -6.42. The molecule has 0 amide bonds. The first-order valence-electron chi connectivity index (χ1n) is 17.5. The third-order valence-corrected chi connectivity index (χ3v) is 15.9. The quantitative estimate of drug-likeness (QED) is 0.175. The number of para-hydroxylation sites is 2. The average Bonchev–Trinajstić information content (AvgIpc) is 3.86. The van der Waals surface area contributed by atoms with Gasteiger partial charge in [-0.25, -0.2) is 0 Å². The predicted molar refractivity (Wildman–Crippen MR) is 214 cm³/mol. The molecule has 51 heavy (non-hydrogen) atoms. The first-order valence-corrected chi connectivity index (χ1v) is 19.5. The standard InChI is InChI=1S/C48H30O2Si/c1-3-11-35(12-4-1)51(36-13-5-2-6-14-36)47-25-21-33(31-19-23-45-39(27-31)37-15-7-9-17-43(37)49-45)29-41(47)42-30-34(22-26-48(42)51)32-20-24-46-40(28-32)38-16-8-10-18-44(38)50-46/h1-30H. The van der Waals surface area contributed by atoms with Crippen LogP contribution in [-0.2, 0) is 0 Å². The van der Waals surface area contributed by atoms with Gasteiger partial charge in [-0.2, -0.15) is 0 Å². The fourth-order valence-electron chi connectivity index (χ4n) is 8.67. The zero-order valence-corrected chi connectivity index (χ0v) is 28.6. The van der Waals surface area contributed by atoms with Crippen molar-refractivity contribution >= 4 is 72.7 Å². The van der Waals surface area contributed by atoms with Gasteiger partial charge in [0.2, 0.25) is 0 Å². The van der Waals surface area contributed by atoms with E-state index in [9.17, 15) is 0 Å². The summed E-state index contributed by atoms with van der Waals surface area (Å²) < 4.78 is 12.4. The summed E-state index contributed by atoms with van der Waals surface area (Å²) >= 11 is 0. The molecular weight excluding hydrogens is 637 g/mol. The molecule has 0 bridgehead atoms. The van der Waals surface area contributed by atoms with Crippen molar-refractivity contribution in [2.75, 3.05) is 0 Å². The number of fused-ring (bicyclic) bond motifs is 9. The Morgan fingerprint density at radius 1 is 0.294 bits per heavy atom.